The third-order valence-corrected chi connectivity index (χ3v) is 5.20. The van der Waals surface area contributed by atoms with Crippen LogP contribution in [0.3, 0.4) is 0 Å². The molecule has 1 aromatic carbocycles. The number of nitrogens with one attached hydrogen (secondary N) is 1. The Bertz CT molecular complexity index is 831. The monoisotopic (exact) mass is 378 g/mol. The number of nitrogens with zero attached hydrogens (tertiary/aromatic N) is 1. The number of amides is 1. The van der Waals surface area contributed by atoms with E-state index < -0.39 is 0 Å². The molecule has 1 N–H and O–H groups in total. The maximum absolute atomic E-state index is 12.0. The average molecular weight is 379 g/mol. The van der Waals surface area contributed by atoms with Crippen LogP contribution < -0.4 is 10.1 Å². The van der Waals surface area contributed by atoms with Gasteiger partial charge >= 0.3 is 0 Å². The van der Waals surface area contributed by atoms with Crippen molar-refractivity contribution in [1.29, 1.82) is 0 Å². The van der Waals surface area contributed by atoms with Crippen LogP contribution in [0.15, 0.2) is 40.4 Å². The molecule has 7 heteroatoms. The Morgan fingerprint density at radius 2 is 2.21 bits per heavy atom. The minimum absolute atomic E-state index is 0.0325. The quantitative estimate of drug-likeness (QED) is 0.648. The maximum Gasteiger partial charge on any atom is 0.226 e. The summed E-state index contributed by atoms with van der Waals surface area (Å²) in [6, 6.07) is 7.53. The predicted molar refractivity (Wildman–Crippen MR) is 100 cm³/mol. The molecule has 24 heavy (non-hydrogen) atoms. The van der Waals surface area contributed by atoms with E-state index in [0.29, 0.717) is 22.3 Å². The van der Waals surface area contributed by atoms with Crippen LogP contribution in [0, 0.1) is 0 Å². The lowest BCUT2D eigenvalue weighted by molar-refractivity contribution is -0.116. The van der Waals surface area contributed by atoms with E-state index in [4.69, 9.17) is 16.3 Å². The third kappa shape index (κ3) is 4.14. The van der Waals surface area contributed by atoms with Gasteiger partial charge in [-0.05, 0) is 47.0 Å². The number of rotatable bonds is 6. The van der Waals surface area contributed by atoms with Gasteiger partial charge in [-0.1, -0.05) is 11.6 Å². The number of thiophene rings is 1. The summed E-state index contributed by atoms with van der Waals surface area (Å²) < 4.78 is 5.15. The Kier molecular flexibility index (Phi) is 5.50. The van der Waals surface area contributed by atoms with E-state index in [1.54, 1.807) is 30.6 Å². The van der Waals surface area contributed by atoms with Crippen molar-refractivity contribution in [2.45, 2.75) is 12.8 Å². The first-order valence-electron chi connectivity index (χ1n) is 7.26. The minimum atomic E-state index is -0.0325. The number of benzene rings is 1. The standard InChI is InChI=1S/C17H15ClN2O2S2/c1-22-15-4-3-12(8-13(15)18)14-10-24-17(19-14)20-16(21)5-2-11-6-7-23-9-11/h3-4,6-10H,2,5H2,1H3,(H,19,20,21). The van der Waals surface area contributed by atoms with Crippen molar-refractivity contribution in [2.24, 2.45) is 0 Å². The van der Waals surface area contributed by atoms with Gasteiger partial charge in [-0.2, -0.15) is 11.3 Å². The zero-order valence-corrected chi connectivity index (χ0v) is 15.3. The second kappa shape index (κ2) is 7.79. The van der Waals surface area contributed by atoms with Crippen LogP contribution in [0.1, 0.15) is 12.0 Å². The number of aromatic nitrogens is 1. The number of thiazole rings is 1. The van der Waals surface area contributed by atoms with Crippen LogP contribution >= 0.6 is 34.3 Å². The molecule has 0 fully saturated rings. The number of anilines is 1. The highest BCUT2D eigenvalue weighted by Crippen LogP contribution is 2.31. The van der Waals surface area contributed by atoms with Gasteiger partial charge in [-0.3, -0.25) is 4.79 Å². The SMILES string of the molecule is COc1ccc(-c2csc(NC(=O)CCc3ccsc3)n2)cc1Cl. The van der Waals surface area contributed by atoms with Crippen LogP contribution in [0.25, 0.3) is 11.3 Å². The lowest BCUT2D eigenvalue weighted by atomic mass is 10.2. The van der Waals surface area contributed by atoms with Gasteiger partial charge in [0.25, 0.3) is 0 Å². The molecule has 0 saturated heterocycles. The van der Waals surface area contributed by atoms with Crippen LogP contribution in [0.4, 0.5) is 5.13 Å². The molecule has 2 heterocycles. The highest BCUT2D eigenvalue weighted by atomic mass is 35.5. The Morgan fingerprint density at radius 1 is 1.33 bits per heavy atom. The van der Waals surface area contributed by atoms with Crippen molar-refractivity contribution in [2.75, 3.05) is 12.4 Å². The van der Waals surface area contributed by atoms with Crippen LogP contribution in [0.5, 0.6) is 5.75 Å². The van der Waals surface area contributed by atoms with Gasteiger partial charge in [-0.25, -0.2) is 4.98 Å². The molecule has 2 aromatic heterocycles. The third-order valence-electron chi connectivity index (χ3n) is 3.42. The Labute approximate surface area is 153 Å². The maximum atomic E-state index is 12.0. The second-order valence-corrected chi connectivity index (χ2v) is 7.11. The topological polar surface area (TPSA) is 51.2 Å². The van der Waals surface area contributed by atoms with Gasteiger partial charge in [0, 0.05) is 17.4 Å². The molecule has 0 unspecified atom stereocenters. The van der Waals surface area contributed by atoms with E-state index in [1.807, 2.05) is 22.9 Å². The number of carbonyl (C=O) groups is 1. The first-order valence-corrected chi connectivity index (χ1v) is 9.46. The molecule has 1 amide bonds. The fourth-order valence-electron chi connectivity index (χ4n) is 2.16. The van der Waals surface area contributed by atoms with Gasteiger partial charge in [0.15, 0.2) is 5.13 Å². The molecule has 3 aromatic rings. The molecule has 3 rings (SSSR count). The summed E-state index contributed by atoms with van der Waals surface area (Å²) in [4.78, 5) is 16.5. The molecule has 0 atom stereocenters. The Hall–Kier alpha value is -1.89. The normalized spacial score (nSPS) is 10.6. The lowest BCUT2D eigenvalue weighted by Gasteiger charge is -2.04. The first kappa shape index (κ1) is 17.0. The summed E-state index contributed by atoms with van der Waals surface area (Å²) in [5, 5.41) is 9.94. The van der Waals surface area contributed by atoms with E-state index in [2.05, 4.69) is 15.7 Å². The second-order valence-electron chi connectivity index (χ2n) is 5.07. The van der Waals surface area contributed by atoms with Crippen LogP contribution in [0.2, 0.25) is 5.02 Å². The Balaban J connectivity index is 1.62. The number of aryl methyl sites for hydroxylation is 1. The summed E-state index contributed by atoms with van der Waals surface area (Å²) in [6.07, 6.45) is 1.18. The number of hydrogen-bond donors (Lipinski definition) is 1. The summed E-state index contributed by atoms with van der Waals surface area (Å²) in [7, 11) is 1.58. The molecule has 0 aliphatic rings. The van der Waals surface area contributed by atoms with Gasteiger partial charge in [-0.15, -0.1) is 11.3 Å². The van der Waals surface area contributed by atoms with E-state index in [1.165, 1.54) is 16.9 Å². The van der Waals surface area contributed by atoms with Crippen molar-refractivity contribution in [1.82, 2.24) is 4.98 Å². The fourth-order valence-corrected chi connectivity index (χ4v) is 3.86. The minimum Gasteiger partial charge on any atom is -0.495 e. The zero-order chi connectivity index (χ0) is 16.9. The molecule has 0 spiro atoms. The van der Waals surface area contributed by atoms with Crippen molar-refractivity contribution >= 4 is 45.3 Å². The van der Waals surface area contributed by atoms with Crippen molar-refractivity contribution in [3.63, 3.8) is 0 Å². The summed E-state index contributed by atoms with van der Waals surface area (Å²) in [6.45, 7) is 0. The average Bonchev–Trinajstić information content (AvgIpc) is 3.24. The molecule has 0 aliphatic carbocycles. The van der Waals surface area contributed by atoms with Gasteiger partial charge in [0.1, 0.15) is 5.75 Å². The number of carbonyl (C=O) groups excluding carboxylic acids is 1. The molecular weight excluding hydrogens is 364 g/mol. The molecule has 0 saturated carbocycles. The summed E-state index contributed by atoms with van der Waals surface area (Å²) >= 11 is 9.18. The molecule has 0 radical (unpaired) electrons. The molecular formula is C17H15ClN2O2S2. The zero-order valence-electron chi connectivity index (χ0n) is 12.9. The van der Waals surface area contributed by atoms with Crippen LogP contribution in [-0.2, 0) is 11.2 Å². The van der Waals surface area contributed by atoms with Gasteiger partial charge in [0.2, 0.25) is 5.91 Å². The first-order chi connectivity index (χ1) is 11.7. The smallest absolute Gasteiger partial charge is 0.226 e. The lowest BCUT2D eigenvalue weighted by Crippen LogP contribution is -2.11. The fraction of sp³-hybridized carbons (Fsp3) is 0.176. The summed E-state index contributed by atoms with van der Waals surface area (Å²) in [5.41, 5.74) is 2.84. The summed E-state index contributed by atoms with van der Waals surface area (Å²) in [5.74, 6) is 0.590. The van der Waals surface area contributed by atoms with Crippen LogP contribution in [-0.4, -0.2) is 18.0 Å². The van der Waals surface area contributed by atoms with Gasteiger partial charge in [0.05, 0.1) is 17.8 Å². The largest absolute Gasteiger partial charge is 0.495 e. The van der Waals surface area contributed by atoms with Crippen molar-refractivity contribution in [3.05, 3.63) is 51.0 Å². The van der Waals surface area contributed by atoms with Gasteiger partial charge < -0.3 is 10.1 Å². The van der Waals surface area contributed by atoms with Crippen molar-refractivity contribution in [3.8, 4) is 17.0 Å². The molecule has 4 nitrogen and oxygen atoms in total. The van der Waals surface area contributed by atoms with E-state index in [0.717, 1.165) is 17.7 Å². The Morgan fingerprint density at radius 3 is 2.92 bits per heavy atom. The predicted octanol–water partition coefficient (Wildman–Crippen LogP) is 5.10. The highest BCUT2D eigenvalue weighted by Gasteiger charge is 2.10. The van der Waals surface area contributed by atoms with Crippen molar-refractivity contribution < 1.29 is 9.53 Å². The van der Waals surface area contributed by atoms with E-state index >= 15 is 0 Å². The van der Waals surface area contributed by atoms with E-state index in [-0.39, 0.29) is 5.91 Å². The number of methoxy groups -OCH3 is 1. The molecule has 0 aliphatic heterocycles. The van der Waals surface area contributed by atoms with E-state index in [9.17, 15) is 4.79 Å². The number of halogens is 1. The molecule has 124 valence electrons. The number of ether oxygens (including phenoxy) is 1. The molecule has 0 bridgehead atoms. The highest BCUT2D eigenvalue weighted by molar-refractivity contribution is 7.14. The number of hydrogen-bond acceptors (Lipinski definition) is 5.